The number of nitrogens with two attached hydrogens (primary N) is 1. The van der Waals surface area contributed by atoms with Crippen molar-refractivity contribution in [2.24, 2.45) is 5.73 Å². The van der Waals surface area contributed by atoms with Crippen molar-refractivity contribution in [2.45, 2.75) is 32.6 Å². The summed E-state index contributed by atoms with van der Waals surface area (Å²) in [7, 11) is 0. The van der Waals surface area contributed by atoms with Crippen LogP contribution in [0.15, 0.2) is 24.4 Å². The minimum Gasteiger partial charge on any atom is -0.372 e. The van der Waals surface area contributed by atoms with Gasteiger partial charge in [-0.05, 0) is 37.1 Å². The summed E-state index contributed by atoms with van der Waals surface area (Å²) in [5, 5.41) is 2.86. The fourth-order valence-electron chi connectivity index (χ4n) is 2.51. The van der Waals surface area contributed by atoms with Gasteiger partial charge < -0.3 is 20.4 Å². The van der Waals surface area contributed by atoms with Crippen LogP contribution in [0.3, 0.4) is 0 Å². The number of anilines is 1. The van der Waals surface area contributed by atoms with E-state index in [9.17, 15) is 9.59 Å². The number of hydrogen-bond acceptors (Lipinski definition) is 4. The van der Waals surface area contributed by atoms with Crippen molar-refractivity contribution < 1.29 is 14.3 Å². The maximum absolute atomic E-state index is 12.7. The second-order valence-corrected chi connectivity index (χ2v) is 5.92. The Balaban J connectivity index is 1.84. The lowest BCUT2D eigenvalue weighted by Crippen LogP contribution is -2.42. The van der Waals surface area contributed by atoms with Gasteiger partial charge in [0.15, 0.2) is 5.82 Å². The molecule has 23 heavy (non-hydrogen) atoms. The Hall–Kier alpha value is -2.67. The van der Waals surface area contributed by atoms with E-state index in [0.717, 1.165) is 11.1 Å². The molecule has 1 radical (unpaired) electrons. The number of benzene rings is 1. The molecule has 0 bridgehead atoms. The van der Waals surface area contributed by atoms with Crippen LogP contribution in [0, 0.1) is 6.20 Å². The Bertz CT molecular complexity index is 779. The average Bonchev–Trinajstić information content (AvgIpc) is 3.15. The average molecular weight is 313 g/mol. The Morgan fingerprint density at radius 2 is 2.09 bits per heavy atom. The van der Waals surface area contributed by atoms with E-state index in [1.54, 1.807) is 13.8 Å². The number of nitrogens with one attached hydrogen (secondary N) is 1. The van der Waals surface area contributed by atoms with E-state index in [-0.39, 0.29) is 11.7 Å². The molecule has 2 aromatic rings. The summed E-state index contributed by atoms with van der Waals surface area (Å²) in [4.78, 5) is 27.8. The minimum absolute atomic E-state index is 0.00694. The predicted octanol–water partition coefficient (Wildman–Crippen LogP) is 1.19. The van der Waals surface area contributed by atoms with Gasteiger partial charge in [-0.2, -0.15) is 0 Å². The summed E-state index contributed by atoms with van der Waals surface area (Å²) < 4.78 is 6.78. The third-order valence-corrected chi connectivity index (χ3v) is 3.94. The van der Waals surface area contributed by atoms with E-state index in [1.807, 2.05) is 18.2 Å². The lowest BCUT2D eigenvalue weighted by atomic mass is 10.0. The zero-order valence-electron chi connectivity index (χ0n) is 12.9. The summed E-state index contributed by atoms with van der Waals surface area (Å²) in [6, 6.07) is 5.66. The van der Waals surface area contributed by atoms with Crippen molar-refractivity contribution in [1.82, 2.24) is 9.55 Å². The summed E-state index contributed by atoms with van der Waals surface area (Å²) in [5.74, 6) is -1.00. The number of rotatable bonds is 4. The van der Waals surface area contributed by atoms with Gasteiger partial charge in [-0.1, -0.05) is 6.07 Å². The standard InChI is InChI=1S/C16H17N4O3/c1-16(2,20-6-5-18-14(20)13(17)21)15(22)19-12-4-3-10-8-23-9-11(10)7-12/h3-4,6-7H,8-9H2,1-2H3,(H2,17,21)(H,19,22). The van der Waals surface area contributed by atoms with E-state index >= 15 is 0 Å². The number of hydrogen-bond donors (Lipinski definition) is 2. The van der Waals surface area contributed by atoms with E-state index in [1.165, 1.54) is 10.8 Å². The number of primary amides is 1. The largest absolute Gasteiger partial charge is 0.372 e. The molecule has 119 valence electrons. The molecule has 3 N–H and O–H groups in total. The molecule has 1 aliphatic heterocycles. The molecule has 0 saturated heterocycles. The van der Waals surface area contributed by atoms with Crippen LogP contribution in [0.4, 0.5) is 5.69 Å². The van der Waals surface area contributed by atoms with E-state index in [2.05, 4.69) is 16.5 Å². The van der Waals surface area contributed by atoms with E-state index in [4.69, 9.17) is 10.5 Å². The van der Waals surface area contributed by atoms with Gasteiger partial charge in [-0.15, -0.1) is 0 Å². The number of nitrogens with zero attached hydrogens (tertiary/aromatic N) is 2. The monoisotopic (exact) mass is 313 g/mol. The lowest BCUT2D eigenvalue weighted by molar-refractivity contribution is -0.123. The fraction of sp³-hybridized carbons (Fsp3) is 0.312. The summed E-state index contributed by atoms with van der Waals surface area (Å²) >= 11 is 0. The molecular formula is C16H17N4O3. The lowest BCUT2D eigenvalue weighted by Gasteiger charge is -2.26. The van der Waals surface area contributed by atoms with Gasteiger partial charge in [0.05, 0.1) is 13.2 Å². The molecule has 2 amide bonds. The van der Waals surface area contributed by atoms with Crippen molar-refractivity contribution in [1.29, 1.82) is 0 Å². The van der Waals surface area contributed by atoms with E-state index < -0.39 is 11.4 Å². The number of ether oxygens (including phenoxy) is 1. The SMILES string of the molecule is CC(C)(C(=O)Nc1ccc2c(c1)COC2)n1c[c]nc1C(N)=O. The molecule has 0 atom stereocenters. The Labute approximate surface area is 133 Å². The Kier molecular flexibility index (Phi) is 3.65. The molecule has 0 spiro atoms. The van der Waals surface area contributed by atoms with Gasteiger partial charge in [0, 0.05) is 11.9 Å². The highest BCUT2D eigenvalue weighted by Gasteiger charge is 2.33. The van der Waals surface area contributed by atoms with Gasteiger partial charge in [-0.3, -0.25) is 9.59 Å². The van der Waals surface area contributed by atoms with Crippen LogP contribution in [0.25, 0.3) is 0 Å². The molecule has 0 saturated carbocycles. The van der Waals surface area contributed by atoms with Crippen LogP contribution in [0.1, 0.15) is 35.6 Å². The normalized spacial score (nSPS) is 13.7. The van der Waals surface area contributed by atoms with Crippen LogP contribution in [-0.2, 0) is 28.3 Å². The highest BCUT2D eigenvalue weighted by molar-refractivity contribution is 5.97. The molecule has 0 fully saturated rings. The number of carbonyl (C=O) groups is 2. The number of imidazole rings is 1. The third kappa shape index (κ3) is 2.70. The van der Waals surface area contributed by atoms with Gasteiger partial charge in [-0.25, -0.2) is 4.98 Å². The van der Waals surface area contributed by atoms with Gasteiger partial charge in [0.2, 0.25) is 5.91 Å². The van der Waals surface area contributed by atoms with Crippen LogP contribution in [0.2, 0.25) is 0 Å². The maximum atomic E-state index is 12.7. The van der Waals surface area contributed by atoms with Crippen molar-refractivity contribution in [3.05, 3.63) is 47.5 Å². The molecular weight excluding hydrogens is 296 g/mol. The van der Waals surface area contributed by atoms with Crippen molar-refractivity contribution in [3.63, 3.8) is 0 Å². The van der Waals surface area contributed by atoms with Gasteiger partial charge >= 0.3 is 0 Å². The zero-order valence-corrected chi connectivity index (χ0v) is 12.9. The van der Waals surface area contributed by atoms with Crippen molar-refractivity contribution in [3.8, 4) is 0 Å². The second-order valence-electron chi connectivity index (χ2n) is 5.92. The molecule has 3 rings (SSSR count). The first-order valence-electron chi connectivity index (χ1n) is 7.16. The number of carbonyl (C=O) groups excluding carboxylic acids is 2. The molecule has 1 aromatic carbocycles. The topological polar surface area (TPSA) is 99.2 Å². The van der Waals surface area contributed by atoms with Crippen LogP contribution in [-0.4, -0.2) is 21.4 Å². The molecule has 7 nitrogen and oxygen atoms in total. The Morgan fingerprint density at radius 1 is 1.35 bits per heavy atom. The van der Waals surface area contributed by atoms with Crippen molar-refractivity contribution >= 4 is 17.5 Å². The van der Waals surface area contributed by atoms with Gasteiger partial charge in [0.1, 0.15) is 11.7 Å². The third-order valence-electron chi connectivity index (χ3n) is 3.94. The van der Waals surface area contributed by atoms with Crippen LogP contribution < -0.4 is 11.1 Å². The number of fused-ring (bicyclic) bond motifs is 1. The molecule has 1 aromatic heterocycles. The number of aromatic nitrogens is 2. The van der Waals surface area contributed by atoms with Crippen molar-refractivity contribution in [2.75, 3.05) is 5.32 Å². The first-order valence-corrected chi connectivity index (χ1v) is 7.16. The van der Waals surface area contributed by atoms with E-state index in [0.29, 0.717) is 18.9 Å². The molecule has 2 heterocycles. The highest BCUT2D eigenvalue weighted by Crippen LogP contribution is 2.25. The quantitative estimate of drug-likeness (QED) is 0.885. The summed E-state index contributed by atoms with van der Waals surface area (Å²) in [6.45, 7) is 4.51. The molecule has 1 aliphatic rings. The van der Waals surface area contributed by atoms with Crippen LogP contribution >= 0.6 is 0 Å². The highest BCUT2D eigenvalue weighted by atomic mass is 16.5. The summed E-state index contributed by atoms with van der Waals surface area (Å²) in [6.07, 6.45) is 3.99. The minimum atomic E-state index is -1.05. The smallest absolute Gasteiger partial charge is 0.284 e. The predicted molar refractivity (Wildman–Crippen MR) is 82.5 cm³/mol. The maximum Gasteiger partial charge on any atom is 0.284 e. The van der Waals surface area contributed by atoms with Gasteiger partial charge in [0.25, 0.3) is 5.91 Å². The second kappa shape index (κ2) is 5.51. The molecule has 7 heteroatoms. The zero-order chi connectivity index (χ0) is 16.6. The first kappa shape index (κ1) is 15.2. The molecule has 0 aliphatic carbocycles. The Morgan fingerprint density at radius 3 is 2.83 bits per heavy atom. The van der Waals surface area contributed by atoms with Crippen LogP contribution in [0.5, 0.6) is 0 Å². The fourth-order valence-corrected chi connectivity index (χ4v) is 2.51. The summed E-state index contributed by atoms with van der Waals surface area (Å²) in [5.41, 5.74) is 7.10. The first-order chi connectivity index (χ1) is 10.9. The number of amides is 2. The molecule has 0 unspecified atom stereocenters.